The monoisotopic (exact) mass is 302 g/mol. The lowest BCUT2D eigenvalue weighted by atomic mass is 10.2. The van der Waals surface area contributed by atoms with Crippen molar-refractivity contribution in [3.63, 3.8) is 0 Å². The lowest BCUT2D eigenvalue weighted by Gasteiger charge is -2.23. The molecule has 22 heavy (non-hydrogen) atoms. The number of rotatable bonds is 4. The predicted octanol–water partition coefficient (Wildman–Crippen LogP) is 2.10. The van der Waals surface area contributed by atoms with E-state index < -0.39 is 0 Å². The van der Waals surface area contributed by atoms with E-state index in [0.717, 1.165) is 44.9 Å². The number of ether oxygens (including phenoxy) is 1. The predicted molar refractivity (Wildman–Crippen MR) is 84.1 cm³/mol. The fraction of sp³-hybridized carbons (Fsp3) is 0.500. The molecule has 1 saturated heterocycles. The van der Waals surface area contributed by atoms with Gasteiger partial charge in [-0.2, -0.15) is 4.98 Å². The SMILES string of the molecule is COc1ccc(N2CCCN(Cc3nc(C)no3)CC2)cc1. The maximum absolute atomic E-state index is 5.22. The van der Waals surface area contributed by atoms with Gasteiger partial charge in [-0.05, 0) is 37.6 Å². The third kappa shape index (κ3) is 3.57. The molecule has 0 radical (unpaired) electrons. The molecule has 0 saturated carbocycles. The van der Waals surface area contributed by atoms with Crippen LogP contribution in [-0.4, -0.2) is 48.3 Å². The summed E-state index contributed by atoms with van der Waals surface area (Å²) in [6.07, 6.45) is 1.12. The number of aromatic nitrogens is 2. The molecular weight excluding hydrogens is 280 g/mol. The van der Waals surface area contributed by atoms with Crippen molar-refractivity contribution in [2.24, 2.45) is 0 Å². The minimum Gasteiger partial charge on any atom is -0.497 e. The van der Waals surface area contributed by atoms with Crippen LogP contribution in [0.25, 0.3) is 0 Å². The van der Waals surface area contributed by atoms with E-state index in [1.54, 1.807) is 7.11 Å². The van der Waals surface area contributed by atoms with Crippen LogP contribution in [0.1, 0.15) is 18.1 Å². The van der Waals surface area contributed by atoms with Gasteiger partial charge in [-0.15, -0.1) is 0 Å². The van der Waals surface area contributed by atoms with Crippen LogP contribution in [0.3, 0.4) is 0 Å². The Morgan fingerprint density at radius 2 is 1.95 bits per heavy atom. The Labute approximate surface area is 130 Å². The average molecular weight is 302 g/mol. The summed E-state index contributed by atoms with van der Waals surface area (Å²) in [5, 5.41) is 3.85. The second-order valence-corrected chi connectivity index (χ2v) is 5.55. The number of nitrogens with zero attached hydrogens (tertiary/aromatic N) is 4. The molecule has 118 valence electrons. The van der Waals surface area contributed by atoms with Gasteiger partial charge in [0.25, 0.3) is 0 Å². The fourth-order valence-corrected chi connectivity index (χ4v) is 2.78. The Morgan fingerprint density at radius 1 is 1.14 bits per heavy atom. The van der Waals surface area contributed by atoms with Crippen LogP contribution in [0.15, 0.2) is 28.8 Å². The Morgan fingerprint density at radius 3 is 2.64 bits per heavy atom. The molecule has 0 unspecified atom stereocenters. The number of hydrogen-bond acceptors (Lipinski definition) is 6. The van der Waals surface area contributed by atoms with E-state index in [1.165, 1.54) is 5.69 Å². The molecule has 2 aromatic rings. The average Bonchev–Trinajstić information content (AvgIpc) is 2.81. The van der Waals surface area contributed by atoms with Gasteiger partial charge in [0.15, 0.2) is 5.82 Å². The van der Waals surface area contributed by atoms with Gasteiger partial charge < -0.3 is 14.2 Å². The fourth-order valence-electron chi connectivity index (χ4n) is 2.78. The Kier molecular flexibility index (Phi) is 4.58. The number of hydrogen-bond donors (Lipinski definition) is 0. The largest absolute Gasteiger partial charge is 0.497 e. The quantitative estimate of drug-likeness (QED) is 0.862. The maximum atomic E-state index is 5.22. The number of aryl methyl sites for hydroxylation is 1. The topological polar surface area (TPSA) is 54.6 Å². The number of anilines is 1. The highest BCUT2D eigenvalue weighted by molar-refractivity contribution is 5.49. The van der Waals surface area contributed by atoms with Gasteiger partial charge in [0, 0.05) is 31.9 Å². The normalized spacial score (nSPS) is 16.5. The van der Waals surface area contributed by atoms with Gasteiger partial charge >= 0.3 is 0 Å². The van der Waals surface area contributed by atoms with Crippen LogP contribution < -0.4 is 9.64 Å². The highest BCUT2D eigenvalue weighted by Gasteiger charge is 2.17. The number of methoxy groups -OCH3 is 1. The van der Waals surface area contributed by atoms with Gasteiger partial charge in [0.1, 0.15) is 5.75 Å². The molecule has 0 atom stereocenters. The van der Waals surface area contributed by atoms with Gasteiger partial charge in [-0.1, -0.05) is 5.16 Å². The van der Waals surface area contributed by atoms with Crippen LogP contribution in [0.5, 0.6) is 5.75 Å². The standard InChI is InChI=1S/C16H22N4O2/c1-13-17-16(22-18-13)12-19-8-3-9-20(11-10-19)14-4-6-15(21-2)7-5-14/h4-7H,3,8-12H2,1-2H3. The van der Waals surface area contributed by atoms with Crippen molar-refractivity contribution in [3.05, 3.63) is 36.0 Å². The van der Waals surface area contributed by atoms with Crippen LogP contribution in [0.4, 0.5) is 5.69 Å². The molecule has 0 amide bonds. The second kappa shape index (κ2) is 6.79. The molecule has 0 aliphatic carbocycles. The van der Waals surface area contributed by atoms with Gasteiger partial charge in [0.05, 0.1) is 13.7 Å². The molecule has 2 heterocycles. The number of benzene rings is 1. The zero-order valence-electron chi connectivity index (χ0n) is 13.2. The molecule has 1 fully saturated rings. The minimum absolute atomic E-state index is 0.699. The summed E-state index contributed by atoms with van der Waals surface area (Å²) in [7, 11) is 1.69. The lowest BCUT2D eigenvalue weighted by molar-refractivity contribution is 0.239. The van der Waals surface area contributed by atoms with E-state index in [2.05, 4.69) is 32.1 Å². The first kappa shape index (κ1) is 14.8. The zero-order chi connectivity index (χ0) is 15.4. The van der Waals surface area contributed by atoms with Crippen LogP contribution in [-0.2, 0) is 6.54 Å². The first-order valence-corrected chi connectivity index (χ1v) is 7.65. The third-order valence-electron chi connectivity index (χ3n) is 3.95. The van der Waals surface area contributed by atoms with E-state index in [-0.39, 0.29) is 0 Å². The molecule has 1 aliphatic heterocycles. The minimum atomic E-state index is 0.699. The van der Waals surface area contributed by atoms with E-state index in [1.807, 2.05) is 19.1 Å². The van der Waals surface area contributed by atoms with Crippen molar-refractivity contribution in [3.8, 4) is 5.75 Å². The summed E-state index contributed by atoms with van der Waals surface area (Å²) in [5.74, 6) is 2.30. The smallest absolute Gasteiger partial charge is 0.240 e. The molecule has 0 spiro atoms. The second-order valence-electron chi connectivity index (χ2n) is 5.55. The molecule has 0 N–H and O–H groups in total. The van der Waals surface area contributed by atoms with Crippen LogP contribution in [0, 0.1) is 6.92 Å². The summed E-state index contributed by atoms with van der Waals surface area (Å²) in [4.78, 5) is 9.07. The molecule has 0 bridgehead atoms. The van der Waals surface area contributed by atoms with E-state index in [9.17, 15) is 0 Å². The highest BCUT2D eigenvalue weighted by Crippen LogP contribution is 2.20. The first-order valence-electron chi connectivity index (χ1n) is 7.65. The molecule has 1 aromatic carbocycles. The molecule has 3 rings (SSSR count). The molecule has 6 heteroatoms. The lowest BCUT2D eigenvalue weighted by Crippen LogP contribution is -2.30. The summed E-state index contributed by atoms with van der Waals surface area (Å²) < 4.78 is 10.4. The third-order valence-corrected chi connectivity index (χ3v) is 3.95. The Hall–Kier alpha value is -2.08. The van der Waals surface area contributed by atoms with Crippen molar-refractivity contribution in [2.75, 3.05) is 38.2 Å². The van der Waals surface area contributed by atoms with E-state index in [0.29, 0.717) is 11.7 Å². The molecule has 1 aliphatic rings. The van der Waals surface area contributed by atoms with Crippen molar-refractivity contribution in [1.29, 1.82) is 0 Å². The van der Waals surface area contributed by atoms with Gasteiger partial charge in [-0.3, -0.25) is 4.90 Å². The van der Waals surface area contributed by atoms with Gasteiger partial charge in [-0.25, -0.2) is 0 Å². The first-order chi connectivity index (χ1) is 10.7. The summed E-state index contributed by atoms with van der Waals surface area (Å²) >= 11 is 0. The van der Waals surface area contributed by atoms with Crippen LogP contribution in [0.2, 0.25) is 0 Å². The Bertz CT molecular complexity index is 596. The van der Waals surface area contributed by atoms with E-state index >= 15 is 0 Å². The van der Waals surface area contributed by atoms with Crippen molar-refractivity contribution < 1.29 is 9.26 Å². The summed E-state index contributed by atoms with van der Waals surface area (Å²) in [6, 6.07) is 8.27. The van der Waals surface area contributed by atoms with Crippen molar-refractivity contribution >= 4 is 5.69 Å². The van der Waals surface area contributed by atoms with E-state index in [4.69, 9.17) is 9.26 Å². The van der Waals surface area contributed by atoms with Crippen molar-refractivity contribution in [2.45, 2.75) is 19.9 Å². The summed E-state index contributed by atoms with van der Waals surface area (Å²) in [5.41, 5.74) is 1.25. The van der Waals surface area contributed by atoms with Crippen molar-refractivity contribution in [1.82, 2.24) is 15.0 Å². The maximum Gasteiger partial charge on any atom is 0.240 e. The highest BCUT2D eigenvalue weighted by atomic mass is 16.5. The molecule has 6 nitrogen and oxygen atoms in total. The Balaban J connectivity index is 1.59. The molecular formula is C16H22N4O2. The van der Waals surface area contributed by atoms with Gasteiger partial charge in [0.2, 0.25) is 5.89 Å². The molecule has 1 aromatic heterocycles. The zero-order valence-corrected chi connectivity index (χ0v) is 13.2. The summed E-state index contributed by atoms with van der Waals surface area (Å²) in [6.45, 7) is 6.69. The van der Waals surface area contributed by atoms with Crippen LogP contribution >= 0.6 is 0 Å².